The Morgan fingerprint density at radius 3 is 2.63 bits per heavy atom. The molecule has 0 aliphatic heterocycles. The summed E-state index contributed by atoms with van der Waals surface area (Å²) < 4.78 is 0.684. The molecule has 0 heterocycles. The number of hydrogen-bond acceptors (Lipinski definition) is 2. The van der Waals surface area contributed by atoms with Crippen LogP contribution in [0.3, 0.4) is 0 Å². The predicted octanol–water partition coefficient (Wildman–Crippen LogP) is 2.36. The molecule has 1 fully saturated rings. The second-order valence-electron chi connectivity index (χ2n) is 4.42. The van der Waals surface area contributed by atoms with Gasteiger partial charge in [0.05, 0.1) is 10.6 Å². The minimum Gasteiger partial charge on any atom is -0.354 e. The number of amides is 2. The average Bonchev–Trinajstić information content (AvgIpc) is 3.21. The van der Waals surface area contributed by atoms with Crippen molar-refractivity contribution in [3.8, 4) is 0 Å². The van der Waals surface area contributed by atoms with Crippen LogP contribution in [0.25, 0.3) is 0 Å². The Hall–Kier alpha value is -1.07. The summed E-state index contributed by atoms with van der Waals surface area (Å²) in [7, 11) is 0. The van der Waals surface area contributed by atoms with Gasteiger partial charge < -0.3 is 10.6 Å². The second kappa shape index (κ2) is 6.39. The van der Waals surface area contributed by atoms with Crippen molar-refractivity contribution in [2.24, 2.45) is 5.92 Å². The summed E-state index contributed by atoms with van der Waals surface area (Å²) in [6.45, 7) is 0.826. The van der Waals surface area contributed by atoms with Gasteiger partial charge in [-0.1, -0.05) is 17.7 Å². The highest BCUT2D eigenvalue weighted by molar-refractivity contribution is 9.10. The molecule has 0 radical (unpaired) electrons. The molecule has 1 aromatic carbocycles. The zero-order valence-corrected chi connectivity index (χ0v) is 12.6. The molecule has 0 aromatic heterocycles. The van der Waals surface area contributed by atoms with E-state index in [2.05, 4.69) is 26.6 Å². The van der Waals surface area contributed by atoms with Gasteiger partial charge in [-0.05, 0) is 40.9 Å². The number of halogens is 2. The van der Waals surface area contributed by atoms with E-state index in [0.717, 1.165) is 12.8 Å². The van der Waals surface area contributed by atoms with Crippen LogP contribution in [0.5, 0.6) is 0 Å². The summed E-state index contributed by atoms with van der Waals surface area (Å²) in [5.74, 6) is 0.0249. The molecule has 2 amide bonds. The third kappa shape index (κ3) is 3.94. The van der Waals surface area contributed by atoms with Gasteiger partial charge in [0, 0.05) is 23.5 Å². The SMILES string of the molecule is O=C(NCCNC(=O)C1CC1)c1cccc(Br)c1Cl. The maximum Gasteiger partial charge on any atom is 0.252 e. The van der Waals surface area contributed by atoms with Gasteiger partial charge in [0.2, 0.25) is 5.91 Å². The van der Waals surface area contributed by atoms with E-state index >= 15 is 0 Å². The second-order valence-corrected chi connectivity index (χ2v) is 5.65. The predicted molar refractivity (Wildman–Crippen MR) is 77.2 cm³/mol. The van der Waals surface area contributed by atoms with Crippen LogP contribution < -0.4 is 10.6 Å². The topological polar surface area (TPSA) is 58.2 Å². The Labute approximate surface area is 125 Å². The highest BCUT2D eigenvalue weighted by Crippen LogP contribution is 2.28. The molecule has 0 bridgehead atoms. The van der Waals surface area contributed by atoms with E-state index < -0.39 is 0 Å². The van der Waals surface area contributed by atoms with E-state index in [9.17, 15) is 9.59 Å². The van der Waals surface area contributed by atoms with Gasteiger partial charge in [-0.2, -0.15) is 0 Å². The largest absolute Gasteiger partial charge is 0.354 e. The van der Waals surface area contributed by atoms with Crippen LogP contribution in [0, 0.1) is 5.92 Å². The highest BCUT2D eigenvalue weighted by atomic mass is 79.9. The molecular weight excluding hydrogens is 332 g/mol. The van der Waals surface area contributed by atoms with Crippen molar-refractivity contribution in [3.63, 3.8) is 0 Å². The fourth-order valence-electron chi connectivity index (χ4n) is 1.63. The van der Waals surface area contributed by atoms with Gasteiger partial charge in [-0.25, -0.2) is 0 Å². The number of carbonyl (C=O) groups excluding carboxylic acids is 2. The molecule has 1 aliphatic rings. The normalized spacial score (nSPS) is 14.0. The molecule has 0 spiro atoms. The Balaban J connectivity index is 1.77. The standard InChI is InChI=1S/C13H14BrClN2O2/c14-10-3-1-2-9(11(10)15)13(19)17-7-6-16-12(18)8-4-5-8/h1-3,8H,4-7H2,(H,16,18)(H,17,19). The number of benzene rings is 1. The third-order valence-electron chi connectivity index (χ3n) is 2.85. The molecule has 19 heavy (non-hydrogen) atoms. The van der Waals surface area contributed by atoms with Crippen LogP contribution in [0.1, 0.15) is 23.2 Å². The minimum atomic E-state index is -0.244. The van der Waals surface area contributed by atoms with Gasteiger partial charge in [0.1, 0.15) is 0 Å². The molecule has 1 aliphatic carbocycles. The van der Waals surface area contributed by atoms with Crippen molar-refractivity contribution in [2.45, 2.75) is 12.8 Å². The van der Waals surface area contributed by atoms with E-state index in [1.807, 2.05) is 0 Å². The monoisotopic (exact) mass is 344 g/mol. The summed E-state index contributed by atoms with van der Waals surface area (Å²) in [4.78, 5) is 23.2. The molecule has 102 valence electrons. The zero-order valence-electron chi connectivity index (χ0n) is 10.2. The zero-order chi connectivity index (χ0) is 13.8. The van der Waals surface area contributed by atoms with Crippen molar-refractivity contribution in [3.05, 3.63) is 33.3 Å². The van der Waals surface area contributed by atoms with Gasteiger partial charge >= 0.3 is 0 Å². The van der Waals surface area contributed by atoms with E-state index in [1.54, 1.807) is 18.2 Å². The van der Waals surface area contributed by atoms with Gasteiger partial charge in [-0.15, -0.1) is 0 Å². The van der Waals surface area contributed by atoms with Gasteiger partial charge in [0.15, 0.2) is 0 Å². The smallest absolute Gasteiger partial charge is 0.252 e. The van der Waals surface area contributed by atoms with Crippen molar-refractivity contribution in [1.29, 1.82) is 0 Å². The number of nitrogens with one attached hydrogen (secondary N) is 2. The Morgan fingerprint density at radius 2 is 1.95 bits per heavy atom. The summed E-state index contributed by atoms with van der Waals surface area (Å²) in [6.07, 6.45) is 1.96. The number of carbonyl (C=O) groups is 2. The first-order valence-corrected chi connectivity index (χ1v) is 7.26. The summed E-state index contributed by atoms with van der Waals surface area (Å²) >= 11 is 9.29. The summed E-state index contributed by atoms with van der Waals surface area (Å²) in [6, 6.07) is 5.18. The van der Waals surface area contributed by atoms with Crippen LogP contribution >= 0.6 is 27.5 Å². The molecule has 6 heteroatoms. The number of rotatable bonds is 5. The fraction of sp³-hybridized carbons (Fsp3) is 0.385. The lowest BCUT2D eigenvalue weighted by Crippen LogP contribution is -2.35. The van der Waals surface area contributed by atoms with Crippen molar-refractivity contribution >= 4 is 39.3 Å². The van der Waals surface area contributed by atoms with E-state index in [0.29, 0.717) is 28.1 Å². The average molecular weight is 346 g/mol. The van der Waals surface area contributed by atoms with Crippen LogP contribution in [-0.2, 0) is 4.79 Å². The van der Waals surface area contributed by atoms with E-state index in [4.69, 9.17) is 11.6 Å². The molecule has 0 atom stereocenters. The molecule has 2 N–H and O–H groups in total. The molecular formula is C13H14BrClN2O2. The van der Waals surface area contributed by atoms with Crippen LogP contribution in [-0.4, -0.2) is 24.9 Å². The Kier molecular flexibility index (Phi) is 4.82. The maximum atomic E-state index is 11.9. The molecule has 1 aromatic rings. The van der Waals surface area contributed by atoms with Crippen molar-refractivity contribution in [2.75, 3.05) is 13.1 Å². The Bertz CT molecular complexity index is 503. The lowest BCUT2D eigenvalue weighted by Gasteiger charge is -2.08. The lowest BCUT2D eigenvalue weighted by atomic mass is 10.2. The first kappa shape index (κ1) is 14.3. The Morgan fingerprint density at radius 1 is 1.26 bits per heavy atom. The van der Waals surface area contributed by atoms with Crippen molar-refractivity contribution < 1.29 is 9.59 Å². The van der Waals surface area contributed by atoms with Crippen molar-refractivity contribution in [1.82, 2.24) is 10.6 Å². The van der Waals surface area contributed by atoms with Gasteiger partial charge in [0.25, 0.3) is 5.91 Å². The number of hydrogen-bond donors (Lipinski definition) is 2. The van der Waals surface area contributed by atoms with Gasteiger partial charge in [-0.3, -0.25) is 9.59 Å². The molecule has 0 unspecified atom stereocenters. The summed E-state index contributed by atoms with van der Waals surface area (Å²) in [5.41, 5.74) is 0.421. The third-order valence-corrected chi connectivity index (χ3v) is 4.15. The van der Waals surface area contributed by atoms with Crippen LogP contribution in [0.2, 0.25) is 5.02 Å². The lowest BCUT2D eigenvalue weighted by molar-refractivity contribution is -0.122. The van der Waals surface area contributed by atoms with Crippen LogP contribution in [0.4, 0.5) is 0 Å². The maximum absolute atomic E-state index is 11.9. The first-order valence-electron chi connectivity index (χ1n) is 6.09. The molecule has 4 nitrogen and oxygen atoms in total. The summed E-state index contributed by atoms with van der Waals surface area (Å²) in [5, 5.41) is 5.90. The van der Waals surface area contributed by atoms with E-state index in [-0.39, 0.29) is 17.7 Å². The fourth-order valence-corrected chi connectivity index (χ4v) is 2.20. The highest BCUT2D eigenvalue weighted by Gasteiger charge is 2.29. The first-order chi connectivity index (χ1) is 9.09. The minimum absolute atomic E-state index is 0.0785. The molecule has 1 saturated carbocycles. The molecule has 2 rings (SSSR count). The van der Waals surface area contributed by atoms with E-state index in [1.165, 1.54) is 0 Å². The van der Waals surface area contributed by atoms with Crippen LogP contribution in [0.15, 0.2) is 22.7 Å². The quantitative estimate of drug-likeness (QED) is 0.805. The molecule has 0 saturated heterocycles.